The quantitative estimate of drug-likeness (QED) is 0.282. The largest absolute Gasteiger partial charge is 0.458 e. The summed E-state index contributed by atoms with van der Waals surface area (Å²) in [6.07, 6.45) is 1.81. The average Bonchev–Trinajstić information content (AvgIpc) is 3.24. The number of unbranched alkanes of at least 4 members (excludes halogenated alkanes) is 1. The van der Waals surface area contributed by atoms with Crippen molar-refractivity contribution >= 4 is 32.8 Å². The molecule has 2 heterocycles. The van der Waals surface area contributed by atoms with E-state index in [1.54, 1.807) is 39.0 Å². The van der Waals surface area contributed by atoms with E-state index >= 15 is 0 Å². The highest BCUT2D eigenvalue weighted by Crippen LogP contribution is 2.33. The first-order valence-corrected chi connectivity index (χ1v) is 14.3. The first-order chi connectivity index (χ1) is 18.0. The summed E-state index contributed by atoms with van der Waals surface area (Å²) in [5, 5.41) is 3.77. The summed E-state index contributed by atoms with van der Waals surface area (Å²) in [7, 11) is -4.02. The molecule has 1 aromatic heterocycles. The van der Waals surface area contributed by atoms with Crippen molar-refractivity contribution in [2.75, 3.05) is 6.54 Å². The summed E-state index contributed by atoms with van der Waals surface area (Å²) >= 11 is 0. The van der Waals surface area contributed by atoms with Crippen molar-refractivity contribution in [1.82, 2.24) is 14.6 Å². The lowest BCUT2D eigenvalue weighted by Gasteiger charge is -2.35. The molecule has 0 fully saturated rings. The van der Waals surface area contributed by atoms with Gasteiger partial charge in [0, 0.05) is 23.0 Å². The van der Waals surface area contributed by atoms with Crippen LogP contribution in [0.4, 0.5) is 0 Å². The van der Waals surface area contributed by atoms with Crippen LogP contribution in [-0.4, -0.2) is 53.8 Å². The standard InChI is InChI=1S/C28H36N4O5S/c1-28(2,3)37-27(34)23(15-9-10-16-29)31-26(33)25-17-21-20-13-7-8-14-22(20)30-24(21)18-32(25)38(35,36)19-11-5-4-6-12-19/h4-8,11-14,23,25,30H,9-10,15-18,29H2,1-3H3,(H,31,33). The third-order valence-corrected chi connectivity index (χ3v) is 8.44. The summed E-state index contributed by atoms with van der Waals surface area (Å²) in [6.45, 7) is 5.75. The first kappa shape index (κ1) is 27.8. The van der Waals surface area contributed by atoms with Crippen LogP contribution >= 0.6 is 0 Å². The number of para-hydroxylation sites is 1. The molecular formula is C28H36N4O5S. The maximum atomic E-state index is 13.8. The molecule has 1 aliphatic heterocycles. The summed E-state index contributed by atoms with van der Waals surface area (Å²) in [4.78, 5) is 30.2. The maximum Gasteiger partial charge on any atom is 0.329 e. The van der Waals surface area contributed by atoms with Gasteiger partial charge in [0.05, 0.1) is 11.4 Å². The molecule has 2 unspecified atom stereocenters. The molecule has 9 nitrogen and oxygen atoms in total. The number of carbonyl (C=O) groups excluding carboxylic acids is 2. The number of ether oxygens (including phenoxy) is 1. The molecule has 10 heteroatoms. The van der Waals surface area contributed by atoms with Gasteiger partial charge >= 0.3 is 5.97 Å². The molecule has 4 N–H and O–H groups in total. The molecule has 0 spiro atoms. The van der Waals surface area contributed by atoms with Gasteiger partial charge in [-0.15, -0.1) is 0 Å². The van der Waals surface area contributed by atoms with Gasteiger partial charge in [0.2, 0.25) is 15.9 Å². The van der Waals surface area contributed by atoms with Gasteiger partial charge in [-0.2, -0.15) is 4.31 Å². The van der Waals surface area contributed by atoms with E-state index in [0.717, 1.165) is 22.2 Å². The normalized spacial score (nSPS) is 17.1. The van der Waals surface area contributed by atoms with Gasteiger partial charge in [-0.3, -0.25) is 4.79 Å². The molecule has 0 saturated heterocycles. The molecular weight excluding hydrogens is 504 g/mol. The highest BCUT2D eigenvalue weighted by Gasteiger charge is 2.42. The number of hydrogen-bond acceptors (Lipinski definition) is 6. The predicted molar refractivity (Wildman–Crippen MR) is 146 cm³/mol. The smallest absolute Gasteiger partial charge is 0.329 e. The van der Waals surface area contributed by atoms with Crippen molar-refractivity contribution in [3.8, 4) is 0 Å². The average molecular weight is 541 g/mol. The number of nitrogens with one attached hydrogen (secondary N) is 2. The highest BCUT2D eigenvalue weighted by atomic mass is 32.2. The van der Waals surface area contributed by atoms with Crippen molar-refractivity contribution in [3.05, 3.63) is 65.9 Å². The van der Waals surface area contributed by atoms with Gasteiger partial charge in [-0.05, 0) is 70.3 Å². The number of nitrogens with zero attached hydrogens (tertiary/aromatic N) is 1. The molecule has 1 amide bonds. The molecule has 38 heavy (non-hydrogen) atoms. The Morgan fingerprint density at radius 2 is 1.79 bits per heavy atom. The number of amides is 1. The fourth-order valence-electron chi connectivity index (χ4n) is 4.77. The molecule has 0 saturated carbocycles. The Kier molecular flexibility index (Phi) is 8.25. The first-order valence-electron chi connectivity index (χ1n) is 12.9. The van der Waals surface area contributed by atoms with Gasteiger partial charge in [0.25, 0.3) is 0 Å². The van der Waals surface area contributed by atoms with E-state index in [2.05, 4.69) is 10.3 Å². The molecule has 1 aliphatic rings. The van der Waals surface area contributed by atoms with Gasteiger partial charge in [-0.25, -0.2) is 13.2 Å². The van der Waals surface area contributed by atoms with E-state index in [9.17, 15) is 18.0 Å². The van der Waals surface area contributed by atoms with Crippen LogP contribution in [0.15, 0.2) is 59.5 Å². The van der Waals surface area contributed by atoms with Crippen LogP contribution < -0.4 is 11.1 Å². The number of aromatic nitrogens is 1. The minimum absolute atomic E-state index is 0.00358. The Labute approximate surface area is 223 Å². The second-order valence-corrected chi connectivity index (χ2v) is 12.5. The zero-order valence-electron chi connectivity index (χ0n) is 22.1. The zero-order valence-corrected chi connectivity index (χ0v) is 22.9. The summed E-state index contributed by atoms with van der Waals surface area (Å²) < 4.78 is 34.3. The number of aromatic amines is 1. The van der Waals surface area contributed by atoms with Crippen LogP contribution in [0.25, 0.3) is 10.9 Å². The maximum absolute atomic E-state index is 13.8. The minimum atomic E-state index is -4.02. The van der Waals surface area contributed by atoms with Crippen molar-refractivity contribution in [2.45, 2.75) is 75.6 Å². The molecule has 0 aliphatic carbocycles. The van der Waals surface area contributed by atoms with E-state index in [0.29, 0.717) is 25.8 Å². The Balaban J connectivity index is 1.69. The highest BCUT2D eigenvalue weighted by molar-refractivity contribution is 7.89. The topological polar surface area (TPSA) is 135 Å². The Morgan fingerprint density at radius 3 is 2.47 bits per heavy atom. The van der Waals surface area contributed by atoms with Gasteiger partial charge in [0.1, 0.15) is 17.7 Å². The Hall–Kier alpha value is -3.21. The second kappa shape index (κ2) is 11.3. The number of esters is 1. The second-order valence-electron chi connectivity index (χ2n) is 10.6. The Bertz CT molecular complexity index is 1400. The van der Waals surface area contributed by atoms with Crippen molar-refractivity contribution in [1.29, 1.82) is 0 Å². The van der Waals surface area contributed by atoms with Crippen LogP contribution in [0.5, 0.6) is 0 Å². The van der Waals surface area contributed by atoms with Gasteiger partial charge in [0.15, 0.2) is 0 Å². The lowest BCUT2D eigenvalue weighted by molar-refractivity contribution is -0.159. The molecule has 2 aromatic carbocycles. The fourth-order valence-corrected chi connectivity index (χ4v) is 6.35. The van der Waals surface area contributed by atoms with E-state index in [1.165, 1.54) is 16.4 Å². The number of hydrogen-bond donors (Lipinski definition) is 3. The van der Waals surface area contributed by atoms with Crippen LogP contribution in [-0.2, 0) is 37.3 Å². The summed E-state index contributed by atoms with van der Waals surface area (Å²) in [5.74, 6) is -1.09. The number of nitrogens with two attached hydrogens (primary N) is 1. The SMILES string of the molecule is CC(C)(C)OC(=O)C(CCCCN)NC(=O)C1Cc2c([nH]c3ccccc23)CN1S(=O)(=O)c1ccccc1. The molecule has 3 aromatic rings. The molecule has 0 bridgehead atoms. The number of sulfonamides is 1. The molecule has 4 rings (SSSR count). The summed E-state index contributed by atoms with van der Waals surface area (Å²) in [5.41, 5.74) is 7.43. The third-order valence-electron chi connectivity index (χ3n) is 6.57. The van der Waals surface area contributed by atoms with Crippen molar-refractivity contribution in [3.63, 3.8) is 0 Å². The number of fused-ring (bicyclic) bond motifs is 3. The van der Waals surface area contributed by atoms with E-state index in [4.69, 9.17) is 10.5 Å². The number of benzene rings is 2. The van der Waals surface area contributed by atoms with Crippen molar-refractivity contribution in [2.24, 2.45) is 5.73 Å². The van der Waals surface area contributed by atoms with E-state index in [1.807, 2.05) is 24.3 Å². The monoisotopic (exact) mass is 540 g/mol. The van der Waals surface area contributed by atoms with Crippen LogP contribution in [0.2, 0.25) is 0 Å². The molecule has 2 atom stereocenters. The van der Waals surface area contributed by atoms with Gasteiger partial charge < -0.3 is 20.8 Å². The van der Waals surface area contributed by atoms with Gasteiger partial charge in [-0.1, -0.05) is 36.4 Å². The molecule has 0 radical (unpaired) electrons. The molecule has 204 valence electrons. The zero-order chi connectivity index (χ0) is 27.5. The third kappa shape index (κ3) is 6.09. The summed E-state index contributed by atoms with van der Waals surface area (Å²) in [6, 6.07) is 13.8. The number of rotatable bonds is 9. The van der Waals surface area contributed by atoms with Crippen LogP contribution in [0, 0.1) is 0 Å². The minimum Gasteiger partial charge on any atom is -0.458 e. The number of carbonyl (C=O) groups is 2. The Morgan fingerprint density at radius 1 is 1.11 bits per heavy atom. The number of H-pyrrole nitrogens is 1. The van der Waals surface area contributed by atoms with Crippen LogP contribution in [0.3, 0.4) is 0 Å². The van der Waals surface area contributed by atoms with E-state index < -0.39 is 39.6 Å². The van der Waals surface area contributed by atoms with Crippen molar-refractivity contribution < 1.29 is 22.7 Å². The van der Waals surface area contributed by atoms with E-state index in [-0.39, 0.29) is 17.9 Å². The fraction of sp³-hybridized carbons (Fsp3) is 0.429. The predicted octanol–water partition coefficient (Wildman–Crippen LogP) is 3.24. The van der Waals surface area contributed by atoms with Crippen LogP contribution in [0.1, 0.15) is 51.3 Å². The lowest BCUT2D eigenvalue weighted by Crippen LogP contribution is -2.55. The lowest BCUT2D eigenvalue weighted by atomic mass is 9.97.